The number of nitrogens with zero attached hydrogens (tertiary/aromatic N) is 2. The maximum absolute atomic E-state index is 12.0. The highest BCUT2D eigenvalue weighted by Gasteiger charge is 2.10. The Kier molecular flexibility index (Phi) is 2.58. The quantitative estimate of drug-likeness (QED) is 0.834. The summed E-state index contributed by atoms with van der Waals surface area (Å²) in [4.78, 5) is 18.2. The number of aryl methyl sites for hydroxylation is 1. The molecule has 2 aromatic rings. The lowest BCUT2D eigenvalue weighted by molar-refractivity contribution is 0.536. The first-order valence-electron chi connectivity index (χ1n) is 4.81. The molecule has 2 heterocycles. The lowest BCUT2D eigenvalue weighted by atomic mass is 10.3. The summed E-state index contributed by atoms with van der Waals surface area (Å²) in [5.74, 6) is 0. The van der Waals surface area contributed by atoms with E-state index < -0.39 is 0 Å². The second kappa shape index (κ2) is 3.75. The smallest absolute Gasteiger partial charge is 0.262 e. The lowest BCUT2D eigenvalue weighted by Crippen LogP contribution is -2.27. The predicted octanol–water partition coefficient (Wildman–Crippen LogP) is 1.29. The van der Waals surface area contributed by atoms with Gasteiger partial charge in [0.05, 0.1) is 11.7 Å². The Morgan fingerprint density at radius 1 is 1.67 bits per heavy atom. The SMILES string of the molecule is Cc1cc2c(=O)n(C(C)CN)cnc2s1. The van der Waals surface area contributed by atoms with Gasteiger partial charge in [0.2, 0.25) is 0 Å². The Bertz CT molecular complexity index is 543. The maximum atomic E-state index is 12.0. The predicted molar refractivity (Wildman–Crippen MR) is 62.4 cm³/mol. The minimum absolute atomic E-state index is 0.00213. The second-order valence-corrected chi connectivity index (χ2v) is 4.85. The third-order valence-electron chi connectivity index (χ3n) is 2.42. The standard InChI is InChI=1S/C10H13N3OS/c1-6(4-11)13-5-12-9-8(10(13)14)3-7(2)15-9/h3,5-6H,4,11H2,1-2H3. The van der Waals surface area contributed by atoms with Crippen molar-refractivity contribution in [1.82, 2.24) is 9.55 Å². The Hall–Kier alpha value is -1.20. The van der Waals surface area contributed by atoms with Crippen molar-refractivity contribution in [1.29, 1.82) is 0 Å². The fourth-order valence-corrected chi connectivity index (χ4v) is 2.32. The van der Waals surface area contributed by atoms with Crippen LogP contribution in [0.1, 0.15) is 17.8 Å². The molecule has 15 heavy (non-hydrogen) atoms. The maximum Gasteiger partial charge on any atom is 0.262 e. The highest BCUT2D eigenvalue weighted by molar-refractivity contribution is 7.18. The molecule has 0 saturated heterocycles. The van der Waals surface area contributed by atoms with Crippen LogP contribution in [0.3, 0.4) is 0 Å². The van der Waals surface area contributed by atoms with Gasteiger partial charge in [-0.1, -0.05) is 0 Å². The highest BCUT2D eigenvalue weighted by Crippen LogP contribution is 2.19. The van der Waals surface area contributed by atoms with Gasteiger partial charge in [0.15, 0.2) is 0 Å². The van der Waals surface area contributed by atoms with Crippen molar-refractivity contribution in [3.05, 3.63) is 27.6 Å². The normalized spacial score (nSPS) is 13.3. The van der Waals surface area contributed by atoms with E-state index in [2.05, 4.69) is 4.98 Å². The minimum atomic E-state index is -0.00499. The van der Waals surface area contributed by atoms with Gasteiger partial charge in [-0.05, 0) is 19.9 Å². The molecule has 2 rings (SSSR count). The van der Waals surface area contributed by atoms with Crippen LogP contribution in [0.15, 0.2) is 17.2 Å². The first-order valence-corrected chi connectivity index (χ1v) is 5.62. The van der Waals surface area contributed by atoms with E-state index in [9.17, 15) is 4.79 Å². The van der Waals surface area contributed by atoms with Gasteiger partial charge in [-0.25, -0.2) is 4.98 Å². The summed E-state index contributed by atoms with van der Waals surface area (Å²) >= 11 is 1.54. The second-order valence-electron chi connectivity index (χ2n) is 3.62. The van der Waals surface area contributed by atoms with Crippen LogP contribution in [-0.4, -0.2) is 16.1 Å². The lowest BCUT2D eigenvalue weighted by Gasteiger charge is -2.11. The van der Waals surface area contributed by atoms with E-state index in [1.165, 1.54) is 11.3 Å². The number of thiophene rings is 1. The van der Waals surface area contributed by atoms with Crippen molar-refractivity contribution in [2.45, 2.75) is 19.9 Å². The molecule has 0 aliphatic heterocycles. The van der Waals surface area contributed by atoms with Gasteiger partial charge in [-0.2, -0.15) is 0 Å². The molecule has 0 fully saturated rings. The van der Waals surface area contributed by atoms with Crippen molar-refractivity contribution < 1.29 is 0 Å². The summed E-state index contributed by atoms with van der Waals surface area (Å²) in [7, 11) is 0. The zero-order valence-corrected chi connectivity index (χ0v) is 9.54. The zero-order valence-electron chi connectivity index (χ0n) is 8.73. The zero-order chi connectivity index (χ0) is 11.0. The summed E-state index contributed by atoms with van der Waals surface area (Å²) in [6.45, 7) is 4.33. The molecule has 0 aliphatic carbocycles. The molecule has 0 radical (unpaired) electrons. The van der Waals surface area contributed by atoms with Gasteiger partial charge < -0.3 is 5.73 Å². The molecule has 0 bridgehead atoms. The van der Waals surface area contributed by atoms with Crippen molar-refractivity contribution in [3.63, 3.8) is 0 Å². The Balaban J connectivity index is 2.70. The van der Waals surface area contributed by atoms with Gasteiger partial charge >= 0.3 is 0 Å². The van der Waals surface area contributed by atoms with E-state index in [4.69, 9.17) is 5.73 Å². The highest BCUT2D eigenvalue weighted by atomic mass is 32.1. The molecule has 0 amide bonds. The third-order valence-corrected chi connectivity index (χ3v) is 3.37. The van der Waals surface area contributed by atoms with Crippen LogP contribution >= 0.6 is 11.3 Å². The molecular formula is C10H13N3OS. The van der Waals surface area contributed by atoms with Crippen LogP contribution in [0.4, 0.5) is 0 Å². The van der Waals surface area contributed by atoms with Crippen LogP contribution in [0.2, 0.25) is 0 Å². The fraction of sp³-hybridized carbons (Fsp3) is 0.400. The molecule has 1 atom stereocenters. The molecule has 0 saturated carbocycles. The molecule has 2 aromatic heterocycles. The van der Waals surface area contributed by atoms with Crippen molar-refractivity contribution in [2.75, 3.05) is 6.54 Å². The average molecular weight is 223 g/mol. The Morgan fingerprint density at radius 3 is 3.07 bits per heavy atom. The number of hydrogen-bond acceptors (Lipinski definition) is 4. The van der Waals surface area contributed by atoms with Crippen LogP contribution in [0, 0.1) is 6.92 Å². The molecule has 1 unspecified atom stereocenters. The van der Waals surface area contributed by atoms with Gasteiger partial charge in [0.1, 0.15) is 4.83 Å². The van der Waals surface area contributed by atoms with Crippen LogP contribution in [0.25, 0.3) is 10.2 Å². The van der Waals surface area contributed by atoms with Gasteiger partial charge in [-0.15, -0.1) is 11.3 Å². The molecular weight excluding hydrogens is 210 g/mol. The number of fused-ring (bicyclic) bond motifs is 1. The van der Waals surface area contributed by atoms with Crippen molar-refractivity contribution >= 4 is 21.6 Å². The van der Waals surface area contributed by atoms with Gasteiger partial charge in [0.25, 0.3) is 5.56 Å². The number of rotatable bonds is 2. The van der Waals surface area contributed by atoms with Crippen molar-refractivity contribution in [3.8, 4) is 0 Å². The summed E-state index contributed by atoms with van der Waals surface area (Å²) in [5, 5.41) is 0.695. The summed E-state index contributed by atoms with van der Waals surface area (Å²) < 4.78 is 1.59. The van der Waals surface area contributed by atoms with Crippen LogP contribution in [0.5, 0.6) is 0 Å². The van der Waals surface area contributed by atoms with E-state index in [1.54, 1.807) is 10.9 Å². The number of aromatic nitrogens is 2. The average Bonchev–Trinajstić information content (AvgIpc) is 2.59. The first-order chi connectivity index (χ1) is 7.13. The topological polar surface area (TPSA) is 60.9 Å². The molecule has 2 N–H and O–H groups in total. The third kappa shape index (κ3) is 1.68. The van der Waals surface area contributed by atoms with E-state index in [-0.39, 0.29) is 11.6 Å². The molecule has 0 aromatic carbocycles. The summed E-state index contributed by atoms with van der Waals surface area (Å²) in [6.07, 6.45) is 1.58. The molecule has 0 spiro atoms. The Morgan fingerprint density at radius 2 is 2.40 bits per heavy atom. The first kappa shape index (κ1) is 10.3. The van der Waals surface area contributed by atoms with E-state index in [1.807, 2.05) is 19.9 Å². The van der Waals surface area contributed by atoms with E-state index in [0.29, 0.717) is 11.9 Å². The molecule has 80 valence electrons. The van der Waals surface area contributed by atoms with Crippen molar-refractivity contribution in [2.24, 2.45) is 5.73 Å². The molecule has 0 aliphatic rings. The largest absolute Gasteiger partial charge is 0.328 e. The Labute approximate surface area is 91.4 Å². The number of hydrogen-bond donors (Lipinski definition) is 1. The van der Waals surface area contributed by atoms with E-state index in [0.717, 1.165) is 9.71 Å². The van der Waals surface area contributed by atoms with Gasteiger partial charge in [-0.3, -0.25) is 9.36 Å². The summed E-state index contributed by atoms with van der Waals surface area (Å²) in [6, 6.07) is 1.88. The van der Waals surface area contributed by atoms with Gasteiger partial charge in [0, 0.05) is 17.5 Å². The fourth-order valence-electron chi connectivity index (χ4n) is 1.48. The monoisotopic (exact) mass is 223 g/mol. The molecule has 5 heteroatoms. The van der Waals surface area contributed by atoms with Crippen LogP contribution in [-0.2, 0) is 0 Å². The molecule has 4 nitrogen and oxygen atoms in total. The van der Waals surface area contributed by atoms with Crippen LogP contribution < -0.4 is 11.3 Å². The number of nitrogens with two attached hydrogens (primary N) is 1. The minimum Gasteiger partial charge on any atom is -0.328 e. The summed E-state index contributed by atoms with van der Waals surface area (Å²) in [5.41, 5.74) is 5.54. The van der Waals surface area contributed by atoms with E-state index >= 15 is 0 Å².